The number of carboxylic acids is 1. The van der Waals surface area contributed by atoms with E-state index >= 15 is 0 Å². The zero-order valence-electron chi connectivity index (χ0n) is 30.2. The van der Waals surface area contributed by atoms with Gasteiger partial charge in [0.05, 0.1) is 22.1 Å². The van der Waals surface area contributed by atoms with Crippen LogP contribution in [-0.2, 0) is 35.2 Å². The molecule has 0 saturated heterocycles. The number of rotatable bonds is 12. The molecular weight excluding hydrogens is 804 g/mol. The number of hydrogen-bond donors (Lipinski definition) is 4. The predicted octanol–water partition coefficient (Wildman–Crippen LogP) is 4.84. The van der Waals surface area contributed by atoms with Gasteiger partial charge in [0.1, 0.15) is 28.8 Å². The molecule has 0 fully saturated rings. The first-order valence-electron chi connectivity index (χ1n) is 15.5. The van der Waals surface area contributed by atoms with Crippen LogP contribution in [0, 0.1) is 10.1 Å². The number of nitrogens with two attached hydrogens (primary N) is 2. The fraction of sp³-hybridized carbons (Fsp3) is 0.419. The number of nitrogens with zero attached hydrogens (tertiary/aromatic N) is 4. The van der Waals surface area contributed by atoms with Crippen molar-refractivity contribution in [1.82, 2.24) is 14.9 Å². The van der Waals surface area contributed by atoms with Gasteiger partial charge in [-0.3, -0.25) is 24.3 Å². The van der Waals surface area contributed by atoms with Crippen molar-refractivity contribution in [3.05, 3.63) is 78.7 Å². The highest BCUT2D eigenvalue weighted by atomic mass is 35.5. The highest BCUT2D eigenvalue weighted by molar-refractivity contribution is 7.98. The SMILES string of the molecule is CCOC(=O)COC(=O)c1cc(Oc2ccc(C(F)(F)F)cc2Cl)ccc1[N+](=O)[O-].CP(=O)(O)CCC(N)C(=O)O.CSc1nnc(C(C)(C)C)c(=O)n1N. The molecule has 18 nitrogen and oxygen atoms in total. The molecule has 1 heterocycles. The minimum absolute atomic E-state index is 0.0412. The lowest BCUT2D eigenvalue weighted by Crippen LogP contribution is -2.37. The molecular formula is C31H39ClF3N6O12PS. The molecule has 3 rings (SSSR count). The van der Waals surface area contributed by atoms with Gasteiger partial charge in [-0.25, -0.2) is 9.59 Å². The summed E-state index contributed by atoms with van der Waals surface area (Å²) in [5.74, 6) is 2.08. The van der Waals surface area contributed by atoms with Gasteiger partial charge in [0.25, 0.3) is 11.2 Å². The summed E-state index contributed by atoms with van der Waals surface area (Å²) in [6.07, 6.45) is -2.81. The third kappa shape index (κ3) is 16.2. The van der Waals surface area contributed by atoms with Gasteiger partial charge >= 0.3 is 24.1 Å². The number of nitro benzene ring substituents is 1. The fourth-order valence-electron chi connectivity index (χ4n) is 3.69. The van der Waals surface area contributed by atoms with E-state index in [4.69, 9.17) is 42.7 Å². The molecule has 2 unspecified atom stereocenters. The van der Waals surface area contributed by atoms with Crippen LogP contribution in [0.5, 0.6) is 11.5 Å². The standard InChI is InChI=1S/C18H13ClF3NO7.C8H14N4OS.C5H12NO4P/c1-2-28-16(24)9-29-17(25)12-8-11(4-5-14(12)23(26)27)30-15-6-3-10(7-13(15)19)18(20,21)22;1-8(2,3)5-6(13)12(9)7(14-4)11-10-5;1-11(9,10)3-2-4(6)5(7)8/h3-8H,2,9H2,1H3;9H2,1-4H3;4H,2-3,6H2,1H3,(H,7,8)(H,9,10). The van der Waals surface area contributed by atoms with E-state index in [-0.39, 0.29) is 46.7 Å². The number of aromatic nitrogens is 3. The quantitative estimate of drug-likeness (QED) is 0.0474. The Balaban J connectivity index is 0.000000497. The molecule has 0 amide bonds. The van der Waals surface area contributed by atoms with Crippen LogP contribution in [0.4, 0.5) is 18.9 Å². The zero-order chi connectivity index (χ0) is 42.5. The van der Waals surface area contributed by atoms with Gasteiger partial charge in [-0.2, -0.15) is 17.8 Å². The molecule has 1 aromatic heterocycles. The van der Waals surface area contributed by atoms with E-state index in [0.29, 0.717) is 16.9 Å². The predicted molar refractivity (Wildman–Crippen MR) is 194 cm³/mol. The molecule has 55 heavy (non-hydrogen) atoms. The number of nitro groups is 1. The number of aliphatic carboxylic acids is 1. The number of nitrogen functional groups attached to an aromatic ring is 1. The molecule has 0 bridgehead atoms. The molecule has 304 valence electrons. The van der Waals surface area contributed by atoms with Crippen molar-refractivity contribution in [2.24, 2.45) is 5.73 Å². The van der Waals surface area contributed by atoms with Crippen molar-refractivity contribution >= 4 is 54.3 Å². The lowest BCUT2D eigenvalue weighted by Gasteiger charge is -2.16. The second kappa shape index (κ2) is 20.8. The van der Waals surface area contributed by atoms with Crippen LogP contribution in [0.15, 0.2) is 46.3 Å². The fourth-order valence-corrected chi connectivity index (χ4v) is 5.07. The Kier molecular flexibility index (Phi) is 18.2. The minimum atomic E-state index is -4.61. The third-order valence-electron chi connectivity index (χ3n) is 6.43. The van der Waals surface area contributed by atoms with Crippen LogP contribution in [0.2, 0.25) is 5.02 Å². The van der Waals surface area contributed by atoms with Crippen LogP contribution in [-0.4, -0.2) is 86.0 Å². The summed E-state index contributed by atoms with van der Waals surface area (Å²) in [5.41, 5.74) is 2.71. The van der Waals surface area contributed by atoms with Gasteiger partial charge in [-0.1, -0.05) is 44.1 Å². The minimum Gasteiger partial charge on any atom is -0.480 e. The summed E-state index contributed by atoms with van der Waals surface area (Å²) in [7, 11) is -3.10. The first kappa shape index (κ1) is 48.3. The lowest BCUT2D eigenvalue weighted by molar-refractivity contribution is -0.385. The molecule has 0 radical (unpaired) electrons. The number of ether oxygens (including phenoxy) is 3. The zero-order valence-corrected chi connectivity index (χ0v) is 32.6. The van der Waals surface area contributed by atoms with Gasteiger partial charge in [0.2, 0.25) is 5.16 Å². The van der Waals surface area contributed by atoms with E-state index in [1.807, 2.05) is 20.8 Å². The number of esters is 2. The van der Waals surface area contributed by atoms with E-state index in [1.54, 1.807) is 6.26 Å². The summed E-state index contributed by atoms with van der Waals surface area (Å²) >= 11 is 7.10. The molecule has 0 aliphatic heterocycles. The number of alkyl halides is 3. The topological polar surface area (TPSA) is 279 Å². The van der Waals surface area contributed by atoms with Gasteiger partial charge in [0, 0.05) is 30.4 Å². The number of halogens is 4. The van der Waals surface area contributed by atoms with E-state index in [2.05, 4.69) is 14.9 Å². The molecule has 0 saturated carbocycles. The number of carbonyl (C=O) groups excluding carboxylic acids is 2. The van der Waals surface area contributed by atoms with E-state index in [1.165, 1.54) is 25.4 Å². The smallest absolute Gasteiger partial charge is 0.416 e. The second-order valence-corrected chi connectivity index (χ2v) is 15.8. The van der Waals surface area contributed by atoms with Crippen LogP contribution < -0.4 is 21.9 Å². The monoisotopic (exact) mass is 842 g/mol. The number of hydrogen-bond acceptors (Lipinski definition) is 15. The largest absolute Gasteiger partial charge is 0.480 e. The molecule has 0 aliphatic carbocycles. The van der Waals surface area contributed by atoms with Crippen LogP contribution in [0.3, 0.4) is 0 Å². The third-order valence-corrected chi connectivity index (χ3v) is 8.45. The highest BCUT2D eigenvalue weighted by Gasteiger charge is 2.31. The Labute approximate surface area is 320 Å². The summed E-state index contributed by atoms with van der Waals surface area (Å²) in [5, 5.41) is 27.3. The Morgan fingerprint density at radius 3 is 2.22 bits per heavy atom. The Bertz CT molecular complexity index is 1960. The Morgan fingerprint density at radius 2 is 1.75 bits per heavy atom. The molecule has 3 aromatic rings. The maximum atomic E-state index is 12.7. The van der Waals surface area contributed by atoms with Crippen molar-refractivity contribution in [1.29, 1.82) is 0 Å². The van der Waals surface area contributed by atoms with Gasteiger partial charge < -0.3 is 35.8 Å². The maximum Gasteiger partial charge on any atom is 0.416 e. The summed E-state index contributed by atoms with van der Waals surface area (Å²) in [6.45, 7) is 7.71. The number of thioether (sulfide) groups is 1. The van der Waals surface area contributed by atoms with E-state index in [0.717, 1.165) is 35.0 Å². The average Bonchev–Trinajstić information content (AvgIpc) is 3.07. The lowest BCUT2D eigenvalue weighted by atomic mass is 9.93. The normalized spacial score (nSPS) is 12.7. The summed E-state index contributed by atoms with van der Waals surface area (Å²) in [4.78, 5) is 64.4. The molecule has 6 N–H and O–H groups in total. The van der Waals surface area contributed by atoms with Crippen molar-refractivity contribution in [2.45, 2.75) is 56.9 Å². The first-order chi connectivity index (χ1) is 25.2. The van der Waals surface area contributed by atoms with Gasteiger partial charge in [-0.15, -0.1) is 10.2 Å². The number of carbonyl (C=O) groups is 3. The van der Waals surface area contributed by atoms with Crippen molar-refractivity contribution in [3.63, 3.8) is 0 Å². The number of benzene rings is 2. The molecule has 2 aromatic carbocycles. The van der Waals surface area contributed by atoms with Crippen LogP contribution >= 0.6 is 30.7 Å². The van der Waals surface area contributed by atoms with E-state index in [9.17, 15) is 47.0 Å². The average molecular weight is 843 g/mol. The first-order valence-corrected chi connectivity index (χ1v) is 19.4. The van der Waals surface area contributed by atoms with Gasteiger partial charge in [-0.05, 0) is 43.9 Å². The number of carboxylic acid groups (broad SMARTS) is 1. The van der Waals surface area contributed by atoms with Crippen LogP contribution in [0.1, 0.15) is 55.7 Å². The van der Waals surface area contributed by atoms with Crippen LogP contribution in [0.25, 0.3) is 0 Å². The summed E-state index contributed by atoms with van der Waals surface area (Å²) < 4.78 is 64.5. The van der Waals surface area contributed by atoms with Gasteiger partial charge in [0.15, 0.2) is 14.0 Å². The molecule has 0 spiro atoms. The maximum absolute atomic E-state index is 12.7. The second-order valence-electron chi connectivity index (χ2n) is 12.0. The molecule has 2 atom stereocenters. The van der Waals surface area contributed by atoms with Crippen molar-refractivity contribution in [2.75, 3.05) is 38.1 Å². The van der Waals surface area contributed by atoms with Crippen molar-refractivity contribution in [3.8, 4) is 11.5 Å². The molecule has 0 aliphatic rings. The molecule has 24 heteroatoms. The Hall–Kier alpha value is -4.76. The highest BCUT2D eigenvalue weighted by Crippen LogP contribution is 2.37. The van der Waals surface area contributed by atoms with E-state index < -0.39 is 65.8 Å². The van der Waals surface area contributed by atoms with Crippen molar-refractivity contribution < 1.29 is 61.3 Å². The summed E-state index contributed by atoms with van der Waals surface area (Å²) in [6, 6.07) is 4.32. The Morgan fingerprint density at radius 1 is 1.13 bits per heavy atom.